The van der Waals surface area contributed by atoms with E-state index in [9.17, 15) is 14.4 Å². The van der Waals surface area contributed by atoms with Gasteiger partial charge in [0.05, 0.1) is 12.8 Å². The molecule has 0 bridgehead atoms. The second-order valence-corrected chi connectivity index (χ2v) is 8.57. The lowest BCUT2D eigenvalue weighted by Crippen LogP contribution is -2.32. The predicted molar refractivity (Wildman–Crippen MR) is 154 cm³/mol. The van der Waals surface area contributed by atoms with E-state index < -0.39 is 11.8 Å². The lowest BCUT2D eigenvalue weighted by Gasteiger charge is -2.13. The molecule has 0 heterocycles. The lowest BCUT2D eigenvalue weighted by molar-refractivity contribution is -0.136. The van der Waals surface area contributed by atoms with Gasteiger partial charge in [-0.05, 0) is 86.0 Å². The SMILES string of the molecule is C=CCOc1ccc(NC(=O)C(=O)N/N=C\c2ccc(OCC(=O)Nc3cc(C)ccc3C)c(OCC)c2)cc1. The molecule has 208 valence electrons. The summed E-state index contributed by atoms with van der Waals surface area (Å²) in [5, 5.41) is 9.17. The Bertz CT molecular complexity index is 1390. The Kier molecular flexibility index (Phi) is 10.8. The van der Waals surface area contributed by atoms with Gasteiger partial charge in [-0.1, -0.05) is 24.8 Å². The minimum absolute atomic E-state index is 0.212. The van der Waals surface area contributed by atoms with Crippen molar-refractivity contribution in [3.8, 4) is 17.2 Å². The van der Waals surface area contributed by atoms with E-state index in [0.717, 1.165) is 16.8 Å². The van der Waals surface area contributed by atoms with Crippen LogP contribution in [0.4, 0.5) is 11.4 Å². The van der Waals surface area contributed by atoms with E-state index in [1.165, 1.54) is 6.21 Å². The Morgan fingerprint density at radius 1 is 0.875 bits per heavy atom. The van der Waals surface area contributed by atoms with Gasteiger partial charge in [-0.25, -0.2) is 5.43 Å². The first-order valence-corrected chi connectivity index (χ1v) is 12.5. The van der Waals surface area contributed by atoms with Crippen LogP contribution in [0.15, 0.2) is 78.4 Å². The van der Waals surface area contributed by atoms with Gasteiger partial charge in [0.1, 0.15) is 12.4 Å². The number of hydrogen-bond donors (Lipinski definition) is 3. The van der Waals surface area contributed by atoms with Crippen LogP contribution in [0.2, 0.25) is 0 Å². The molecule has 0 aliphatic rings. The van der Waals surface area contributed by atoms with E-state index >= 15 is 0 Å². The topological polar surface area (TPSA) is 127 Å². The fourth-order valence-electron chi connectivity index (χ4n) is 3.39. The number of nitrogens with zero attached hydrogens (tertiary/aromatic N) is 1. The number of hydrazone groups is 1. The summed E-state index contributed by atoms with van der Waals surface area (Å²) in [6.45, 7) is 9.78. The van der Waals surface area contributed by atoms with Gasteiger partial charge in [0.15, 0.2) is 18.1 Å². The number of anilines is 2. The molecule has 3 amide bonds. The van der Waals surface area contributed by atoms with Crippen LogP contribution in [0, 0.1) is 13.8 Å². The molecule has 0 fully saturated rings. The summed E-state index contributed by atoms with van der Waals surface area (Å²) in [6, 6.07) is 17.3. The summed E-state index contributed by atoms with van der Waals surface area (Å²) in [5.74, 6) is -0.747. The summed E-state index contributed by atoms with van der Waals surface area (Å²) in [6.07, 6.45) is 2.98. The third kappa shape index (κ3) is 9.02. The molecule has 0 saturated carbocycles. The van der Waals surface area contributed by atoms with Crippen molar-refractivity contribution < 1.29 is 28.6 Å². The number of nitrogens with one attached hydrogen (secondary N) is 3. The number of rotatable bonds is 12. The number of hydrogen-bond acceptors (Lipinski definition) is 7. The number of amides is 3. The van der Waals surface area contributed by atoms with E-state index in [1.807, 2.05) is 39.0 Å². The first-order valence-electron chi connectivity index (χ1n) is 12.5. The van der Waals surface area contributed by atoms with Crippen LogP contribution < -0.4 is 30.3 Å². The summed E-state index contributed by atoms with van der Waals surface area (Å²) in [4.78, 5) is 36.7. The second kappa shape index (κ2) is 14.7. The van der Waals surface area contributed by atoms with Gasteiger partial charge in [-0.2, -0.15) is 5.10 Å². The monoisotopic (exact) mass is 544 g/mol. The molecule has 3 aromatic carbocycles. The molecule has 10 heteroatoms. The van der Waals surface area contributed by atoms with Gasteiger partial charge in [-0.3, -0.25) is 14.4 Å². The van der Waals surface area contributed by atoms with Crippen molar-refractivity contribution in [3.63, 3.8) is 0 Å². The molecule has 0 spiro atoms. The minimum Gasteiger partial charge on any atom is -0.490 e. The fraction of sp³-hybridized carbons (Fsp3) is 0.200. The maximum atomic E-state index is 12.4. The smallest absolute Gasteiger partial charge is 0.329 e. The zero-order chi connectivity index (χ0) is 28.9. The van der Waals surface area contributed by atoms with Crippen molar-refractivity contribution in [2.75, 3.05) is 30.5 Å². The van der Waals surface area contributed by atoms with Crippen molar-refractivity contribution in [2.24, 2.45) is 5.10 Å². The average molecular weight is 545 g/mol. The van der Waals surface area contributed by atoms with E-state index in [-0.39, 0.29) is 12.5 Å². The quantitative estimate of drug-likeness (QED) is 0.134. The molecule has 3 rings (SSSR count). The van der Waals surface area contributed by atoms with Crippen LogP contribution in [0.1, 0.15) is 23.6 Å². The Balaban J connectivity index is 1.54. The molecule has 0 unspecified atom stereocenters. The van der Waals surface area contributed by atoms with Crippen LogP contribution in [0.5, 0.6) is 17.2 Å². The molecule has 0 saturated heterocycles. The highest BCUT2D eigenvalue weighted by Crippen LogP contribution is 2.28. The molecule has 10 nitrogen and oxygen atoms in total. The van der Waals surface area contributed by atoms with Gasteiger partial charge in [0.2, 0.25) is 0 Å². The first kappa shape index (κ1) is 29.4. The Labute approximate surface area is 233 Å². The number of ether oxygens (including phenoxy) is 3. The van der Waals surface area contributed by atoms with Crippen molar-refractivity contribution >= 4 is 35.3 Å². The molecular formula is C30H32N4O6. The number of aryl methyl sites for hydroxylation is 2. The average Bonchev–Trinajstić information content (AvgIpc) is 2.94. The lowest BCUT2D eigenvalue weighted by atomic mass is 10.1. The van der Waals surface area contributed by atoms with Crippen LogP contribution in [-0.4, -0.2) is 43.8 Å². The van der Waals surface area contributed by atoms with Crippen LogP contribution in [0.3, 0.4) is 0 Å². The van der Waals surface area contributed by atoms with E-state index in [0.29, 0.717) is 41.7 Å². The molecule has 40 heavy (non-hydrogen) atoms. The third-order valence-corrected chi connectivity index (χ3v) is 5.36. The van der Waals surface area contributed by atoms with Crippen molar-refractivity contribution in [1.82, 2.24) is 5.43 Å². The van der Waals surface area contributed by atoms with Gasteiger partial charge in [0, 0.05) is 11.4 Å². The fourth-order valence-corrected chi connectivity index (χ4v) is 3.39. The standard InChI is InChI=1S/C30H32N4O6/c1-5-15-39-24-12-10-23(11-13-24)32-29(36)30(37)34-31-18-22-9-14-26(27(17-22)38-6-2)40-19-28(35)33-25-16-20(3)7-8-21(25)4/h5,7-14,16-18H,1,6,15,19H2,2-4H3,(H,32,36)(H,33,35)(H,34,37)/b31-18-. The third-order valence-electron chi connectivity index (χ3n) is 5.36. The Morgan fingerprint density at radius 2 is 1.65 bits per heavy atom. The minimum atomic E-state index is -0.942. The molecule has 0 radical (unpaired) electrons. The normalized spacial score (nSPS) is 10.5. The highest BCUT2D eigenvalue weighted by molar-refractivity contribution is 6.39. The highest BCUT2D eigenvalue weighted by atomic mass is 16.5. The summed E-state index contributed by atoms with van der Waals surface area (Å²) >= 11 is 0. The molecule has 3 N–H and O–H groups in total. The Morgan fingerprint density at radius 3 is 2.38 bits per heavy atom. The summed E-state index contributed by atoms with van der Waals surface area (Å²) < 4.78 is 16.7. The van der Waals surface area contributed by atoms with Crippen LogP contribution in [-0.2, 0) is 14.4 Å². The first-order chi connectivity index (χ1) is 19.3. The number of benzene rings is 3. The van der Waals surface area contributed by atoms with Crippen molar-refractivity contribution in [3.05, 3.63) is 90.0 Å². The van der Waals surface area contributed by atoms with Crippen molar-refractivity contribution in [1.29, 1.82) is 0 Å². The van der Waals surface area contributed by atoms with E-state index in [2.05, 4.69) is 27.7 Å². The number of carbonyl (C=O) groups excluding carboxylic acids is 3. The summed E-state index contributed by atoms with van der Waals surface area (Å²) in [7, 11) is 0. The van der Waals surface area contributed by atoms with Gasteiger partial charge >= 0.3 is 11.8 Å². The maximum absolute atomic E-state index is 12.4. The molecule has 0 aliphatic carbocycles. The molecule has 0 aliphatic heterocycles. The predicted octanol–water partition coefficient (Wildman–Crippen LogP) is 4.37. The zero-order valence-electron chi connectivity index (χ0n) is 22.7. The van der Waals surface area contributed by atoms with E-state index in [4.69, 9.17) is 14.2 Å². The largest absolute Gasteiger partial charge is 0.490 e. The molecule has 0 aromatic heterocycles. The van der Waals surface area contributed by atoms with Gasteiger partial charge in [-0.15, -0.1) is 0 Å². The van der Waals surface area contributed by atoms with Gasteiger partial charge in [0.25, 0.3) is 5.91 Å². The van der Waals surface area contributed by atoms with E-state index in [1.54, 1.807) is 48.5 Å². The maximum Gasteiger partial charge on any atom is 0.329 e. The van der Waals surface area contributed by atoms with Crippen LogP contribution >= 0.6 is 0 Å². The van der Waals surface area contributed by atoms with Gasteiger partial charge < -0.3 is 24.8 Å². The molecule has 3 aromatic rings. The zero-order valence-corrected chi connectivity index (χ0v) is 22.7. The Hall–Kier alpha value is -5.12. The molecule has 0 atom stereocenters. The van der Waals surface area contributed by atoms with Crippen LogP contribution in [0.25, 0.3) is 0 Å². The summed E-state index contributed by atoms with van der Waals surface area (Å²) in [5.41, 5.74) is 5.90. The van der Waals surface area contributed by atoms with Crippen molar-refractivity contribution in [2.45, 2.75) is 20.8 Å². The highest BCUT2D eigenvalue weighted by Gasteiger charge is 2.14. The second-order valence-electron chi connectivity index (χ2n) is 8.57. The number of carbonyl (C=O) groups is 3. The molecular weight excluding hydrogens is 512 g/mol.